The minimum atomic E-state index is -0.728. The van der Waals surface area contributed by atoms with E-state index < -0.39 is 23.6 Å². The highest BCUT2D eigenvalue weighted by Gasteiger charge is 2.29. The zero-order valence-corrected chi connectivity index (χ0v) is 15.7. The molecule has 0 bridgehead atoms. The number of benzene rings is 2. The summed E-state index contributed by atoms with van der Waals surface area (Å²) < 4.78 is 5.28. The first-order valence-electron chi connectivity index (χ1n) is 8.84. The van der Waals surface area contributed by atoms with Crippen LogP contribution in [0.4, 0.5) is 11.4 Å². The Morgan fingerprint density at radius 2 is 1.53 bits per heavy atom. The highest BCUT2D eigenvalue weighted by atomic mass is 16.5. The van der Waals surface area contributed by atoms with Crippen molar-refractivity contribution in [3.05, 3.63) is 48.6 Å². The first-order valence-corrected chi connectivity index (χ1v) is 8.84. The van der Waals surface area contributed by atoms with Crippen LogP contribution in [0.3, 0.4) is 0 Å². The van der Waals surface area contributed by atoms with Crippen LogP contribution in [0.15, 0.2) is 48.6 Å². The number of nitrogens with zero attached hydrogens (tertiary/aromatic N) is 2. The molecule has 30 heavy (non-hydrogen) atoms. The SMILES string of the molecule is COc1ccc(-c2ccc(O)c(N3C(=O)C#CCC3=O)c2)cc1N1C(=O)C=CC1=O. The minimum Gasteiger partial charge on any atom is -0.506 e. The fourth-order valence-electron chi connectivity index (χ4n) is 3.25. The summed E-state index contributed by atoms with van der Waals surface area (Å²) in [6.45, 7) is 0. The van der Waals surface area contributed by atoms with Crippen LogP contribution in [-0.4, -0.2) is 35.8 Å². The molecule has 0 aromatic heterocycles. The lowest BCUT2D eigenvalue weighted by Crippen LogP contribution is -2.38. The Bertz CT molecular complexity index is 1200. The summed E-state index contributed by atoms with van der Waals surface area (Å²) in [5.74, 6) is 2.57. The number of amides is 4. The summed E-state index contributed by atoms with van der Waals surface area (Å²) in [6, 6.07) is 9.27. The van der Waals surface area contributed by atoms with E-state index in [0.717, 1.165) is 9.80 Å². The molecule has 2 aromatic rings. The van der Waals surface area contributed by atoms with Gasteiger partial charge in [0.15, 0.2) is 0 Å². The molecule has 0 saturated carbocycles. The molecule has 0 fully saturated rings. The second-order valence-electron chi connectivity index (χ2n) is 6.45. The van der Waals surface area contributed by atoms with Crippen molar-refractivity contribution >= 4 is 35.0 Å². The van der Waals surface area contributed by atoms with E-state index in [9.17, 15) is 24.3 Å². The van der Waals surface area contributed by atoms with E-state index in [2.05, 4.69) is 11.8 Å². The van der Waals surface area contributed by atoms with E-state index in [1.807, 2.05) is 0 Å². The summed E-state index contributed by atoms with van der Waals surface area (Å²) >= 11 is 0. The fourth-order valence-corrected chi connectivity index (χ4v) is 3.25. The van der Waals surface area contributed by atoms with Crippen molar-refractivity contribution in [1.82, 2.24) is 0 Å². The maximum atomic E-state index is 12.2. The zero-order chi connectivity index (χ0) is 21.4. The number of carbonyl (C=O) groups excluding carboxylic acids is 4. The summed E-state index contributed by atoms with van der Waals surface area (Å²) in [5, 5.41) is 10.2. The number of hydrogen-bond acceptors (Lipinski definition) is 6. The molecule has 2 heterocycles. The number of anilines is 2. The van der Waals surface area contributed by atoms with Crippen molar-refractivity contribution in [2.24, 2.45) is 0 Å². The Morgan fingerprint density at radius 3 is 2.17 bits per heavy atom. The molecule has 0 unspecified atom stereocenters. The first-order chi connectivity index (χ1) is 14.4. The average molecular weight is 402 g/mol. The van der Waals surface area contributed by atoms with Gasteiger partial charge in [-0.15, -0.1) is 0 Å². The van der Waals surface area contributed by atoms with Gasteiger partial charge in [-0.25, -0.2) is 9.80 Å². The third kappa shape index (κ3) is 3.08. The lowest BCUT2D eigenvalue weighted by Gasteiger charge is -2.22. The molecule has 1 N–H and O–H groups in total. The molecule has 0 radical (unpaired) electrons. The van der Waals surface area contributed by atoms with Crippen LogP contribution < -0.4 is 14.5 Å². The van der Waals surface area contributed by atoms with E-state index in [1.165, 1.54) is 31.4 Å². The van der Waals surface area contributed by atoms with Crippen LogP contribution in [0.1, 0.15) is 6.42 Å². The van der Waals surface area contributed by atoms with Crippen LogP contribution in [0.25, 0.3) is 11.1 Å². The summed E-state index contributed by atoms with van der Waals surface area (Å²) in [7, 11) is 1.42. The first kappa shape index (κ1) is 19.0. The van der Waals surface area contributed by atoms with Gasteiger partial charge in [0.1, 0.15) is 11.5 Å². The van der Waals surface area contributed by atoms with Gasteiger partial charge in [-0.1, -0.05) is 18.1 Å². The molecular formula is C22H14N2O6. The second kappa shape index (κ2) is 7.22. The topological polar surface area (TPSA) is 104 Å². The van der Waals surface area contributed by atoms with Crippen LogP contribution in [0, 0.1) is 11.8 Å². The van der Waals surface area contributed by atoms with Crippen LogP contribution in [-0.2, 0) is 19.2 Å². The molecule has 0 atom stereocenters. The molecular weight excluding hydrogens is 388 g/mol. The fraction of sp³-hybridized carbons (Fsp3) is 0.0909. The van der Waals surface area contributed by atoms with E-state index in [-0.39, 0.29) is 23.5 Å². The van der Waals surface area contributed by atoms with Gasteiger partial charge in [-0.3, -0.25) is 19.2 Å². The lowest BCUT2D eigenvalue weighted by molar-refractivity contribution is -0.124. The molecule has 0 spiro atoms. The number of phenols is 1. The number of rotatable bonds is 4. The van der Waals surface area contributed by atoms with Gasteiger partial charge in [0.2, 0.25) is 5.91 Å². The van der Waals surface area contributed by atoms with Crippen LogP contribution in [0.2, 0.25) is 0 Å². The number of phenolic OH excluding ortho intramolecular Hbond substituents is 1. The van der Waals surface area contributed by atoms with Crippen LogP contribution >= 0.6 is 0 Å². The number of methoxy groups -OCH3 is 1. The molecule has 0 saturated heterocycles. The second-order valence-corrected chi connectivity index (χ2v) is 6.45. The van der Waals surface area contributed by atoms with Crippen molar-refractivity contribution in [2.45, 2.75) is 6.42 Å². The number of aromatic hydroxyl groups is 1. The summed E-state index contributed by atoms with van der Waals surface area (Å²) in [4.78, 5) is 50.3. The molecule has 8 heteroatoms. The third-order valence-corrected chi connectivity index (χ3v) is 4.67. The summed E-state index contributed by atoms with van der Waals surface area (Å²) in [6.07, 6.45) is 2.21. The van der Waals surface area contributed by atoms with Crippen molar-refractivity contribution < 1.29 is 29.0 Å². The van der Waals surface area contributed by atoms with Gasteiger partial charge in [-0.05, 0) is 41.3 Å². The highest BCUT2D eigenvalue weighted by Crippen LogP contribution is 2.38. The number of hydrogen-bond donors (Lipinski definition) is 1. The number of ether oxygens (including phenoxy) is 1. The maximum Gasteiger partial charge on any atom is 0.309 e. The Balaban J connectivity index is 1.80. The molecule has 2 aliphatic heterocycles. The van der Waals surface area contributed by atoms with E-state index in [4.69, 9.17) is 4.74 Å². The van der Waals surface area contributed by atoms with Crippen molar-refractivity contribution in [3.63, 3.8) is 0 Å². The molecule has 2 aliphatic rings. The third-order valence-electron chi connectivity index (χ3n) is 4.67. The molecule has 4 amide bonds. The molecule has 2 aromatic carbocycles. The standard InChI is InChI=1S/C22H14N2O6/c1-30-18-8-6-14(12-16(18)24-21(28)9-10-22(24)29)13-5-7-17(25)15(11-13)23-19(26)3-2-4-20(23)27/h5-12,25H,3H2,1H3. The normalized spacial score (nSPS) is 15.5. The van der Waals surface area contributed by atoms with Gasteiger partial charge in [0.05, 0.1) is 24.9 Å². The van der Waals surface area contributed by atoms with Crippen molar-refractivity contribution in [2.75, 3.05) is 16.9 Å². The molecule has 4 rings (SSSR count). The Kier molecular flexibility index (Phi) is 4.56. The maximum absolute atomic E-state index is 12.2. The predicted octanol–water partition coefficient (Wildman–Crippen LogP) is 1.76. The Morgan fingerprint density at radius 1 is 0.900 bits per heavy atom. The quantitative estimate of drug-likeness (QED) is 0.617. The Hall–Kier alpha value is -4.38. The van der Waals surface area contributed by atoms with Gasteiger partial charge >= 0.3 is 5.91 Å². The predicted molar refractivity (Wildman–Crippen MR) is 107 cm³/mol. The minimum absolute atomic E-state index is 0.00357. The van der Waals surface area contributed by atoms with E-state index in [1.54, 1.807) is 24.3 Å². The van der Waals surface area contributed by atoms with Gasteiger partial charge in [-0.2, -0.15) is 0 Å². The molecule has 148 valence electrons. The van der Waals surface area contributed by atoms with Gasteiger partial charge in [0.25, 0.3) is 11.8 Å². The highest BCUT2D eigenvalue weighted by molar-refractivity contribution is 6.29. The monoisotopic (exact) mass is 402 g/mol. The largest absolute Gasteiger partial charge is 0.506 e. The average Bonchev–Trinajstić information content (AvgIpc) is 3.06. The smallest absolute Gasteiger partial charge is 0.309 e. The van der Waals surface area contributed by atoms with Gasteiger partial charge < -0.3 is 9.84 Å². The van der Waals surface area contributed by atoms with E-state index in [0.29, 0.717) is 16.9 Å². The number of carbonyl (C=O) groups is 4. The van der Waals surface area contributed by atoms with Gasteiger partial charge in [0, 0.05) is 12.2 Å². The van der Waals surface area contributed by atoms with Crippen LogP contribution in [0.5, 0.6) is 11.5 Å². The van der Waals surface area contributed by atoms with Crippen molar-refractivity contribution in [3.8, 4) is 34.5 Å². The van der Waals surface area contributed by atoms with Crippen molar-refractivity contribution in [1.29, 1.82) is 0 Å². The summed E-state index contributed by atoms with van der Waals surface area (Å²) in [5.41, 5.74) is 1.37. The molecule has 8 nitrogen and oxygen atoms in total. The Labute approximate surface area is 171 Å². The lowest BCUT2D eigenvalue weighted by atomic mass is 10.0. The number of imide groups is 2. The zero-order valence-electron chi connectivity index (χ0n) is 15.7. The molecule has 0 aliphatic carbocycles. The van der Waals surface area contributed by atoms with E-state index >= 15 is 0 Å².